The zero-order chi connectivity index (χ0) is 12.5. The number of ether oxygens (including phenoxy) is 1. The Morgan fingerprint density at radius 2 is 2.28 bits per heavy atom. The summed E-state index contributed by atoms with van der Waals surface area (Å²) in [4.78, 5) is 14.2. The Bertz CT molecular complexity index is 443. The average Bonchev–Trinajstić information content (AvgIpc) is 2.76. The summed E-state index contributed by atoms with van der Waals surface area (Å²) in [6.07, 6.45) is 2.05. The summed E-state index contributed by atoms with van der Waals surface area (Å²) < 4.78 is 6.21. The molecule has 4 nitrogen and oxygen atoms in total. The SMILES string of the molecule is O=C(NC1CN2CCC1CC2)Oc1cc(Br)cs1. The Kier molecular flexibility index (Phi) is 3.59. The highest BCUT2D eigenvalue weighted by Gasteiger charge is 2.35. The van der Waals surface area contributed by atoms with Crippen molar-refractivity contribution < 1.29 is 9.53 Å². The first-order valence-corrected chi connectivity index (χ1v) is 7.83. The molecule has 0 aliphatic carbocycles. The zero-order valence-corrected chi connectivity index (χ0v) is 12.3. The average molecular weight is 331 g/mol. The summed E-state index contributed by atoms with van der Waals surface area (Å²) in [5.74, 6) is 0.623. The maximum atomic E-state index is 11.8. The Morgan fingerprint density at radius 1 is 1.50 bits per heavy atom. The molecule has 1 aromatic heterocycles. The van der Waals surface area contributed by atoms with Gasteiger partial charge in [0.05, 0.1) is 0 Å². The lowest BCUT2D eigenvalue weighted by molar-refractivity contribution is 0.0726. The standard InChI is InChI=1S/C12H15BrN2O2S/c13-9-5-11(18-7-9)17-12(16)14-10-6-15-3-1-8(10)2-4-15/h5,7-8,10H,1-4,6H2,(H,14,16). The van der Waals surface area contributed by atoms with Gasteiger partial charge in [-0.3, -0.25) is 0 Å². The van der Waals surface area contributed by atoms with Gasteiger partial charge in [-0.25, -0.2) is 4.79 Å². The van der Waals surface area contributed by atoms with Gasteiger partial charge in [-0.05, 0) is 47.8 Å². The molecule has 0 saturated carbocycles. The third kappa shape index (κ3) is 2.70. The molecule has 4 rings (SSSR count). The molecule has 1 atom stereocenters. The molecule has 0 aromatic carbocycles. The fourth-order valence-electron chi connectivity index (χ4n) is 2.75. The van der Waals surface area contributed by atoms with E-state index in [9.17, 15) is 4.79 Å². The van der Waals surface area contributed by atoms with E-state index in [2.05, 4.69) is 26.1 Å². The number of halogens is 1. The number of thiophene rings is 1. The molecular formula is C12H15BrN2O2S. The number of nitrogens with one attached hydrogen (secondary N) is 1. The normalized spacial score (nSPS) is 30.2. The highest BCUT2D eigenvalue weighted by molar-refractivity contribution is 9.10. The molecule has 4 heterocycles. The lowest BCUT2D eigenvalue weighted by atomic mass is 9.84. The van der Waals surface area contributed by atoms with Crippen molar-refractivity contribution in [3.63, 3.8) is 0 Å². The van der Waals surface area contributed by atoms with Gasteiger partial charge in [-0.2, -0.15) is 0 Å². The molecule has 1 unspecified atom stereocenters. The van der Waals surface area contributed by atoms with Gasteiger partial charge in [-0.1, -0.05) is 0 Å². The third-order valence-electron chi connectivity index (χ3n) is 3.70. The van der Waals surface area contributed by atoms with E-state index in [1.165, 1.54) is 37.3 Å². The summed E-state index contributed by atoms with van der Waals surface area (Å²) in [6.45, 7) is 3.32. The van der Waals surface area contributed by atoms with Crippen molar-refractivity contribution in [3.8, 4) is 5.06 Å². The van der Waals surface area contributed by atoms with E-state index in [1.807, 2.05) is 5.38 Å². The fraction of sp³-hybridized carbons (Fsp3) is 0.583. The van der Waals surface area contributed by atoms with Crippen LogP contribution >= 0.6 is 27.3 Å². The van der Waals surface area contributed by atoms with Crippen LogP contribution in [-0.4, -0.2) is 36.7 Å². The van der Waals surface area contributed by atoms with Crippen LogP contribution in [0.2, 0.25) is 0 Å². The second kappa shape index (κ2) is 5.19. The Morgan fingerprint density at radius 3 is 2.83 bits per heavy atom. The van der Waals surface area contributed by atoms with E-state index < -0.39 is 0 Å². The van der Waals surface area contributed by atoms with Crippen LogP contribution in [0.3, 0.4) is 0 Å². The second-order valence-electron chi connectivity index (χ2n) is 4.86. The summed E-state index contributed by atoms with van der Waals surface area (Å²) in [5.41, 5.74) is 0. The molecule has 6 heteroatoms. The number of hydrogen-bond acceptors (Lipinski definition) is 4. The number of amides is 1. The first kappa shape index (κ1) is 12.4. The molecule has 98 valence electrons. The van der Waals surface area contributed by atoms with E-state index >= 15 is 0 Å². The maximum absolute atomic E-state index is 11.8. The molecule has 18 heavy (non-hydrogen) atoms. The molecule has 3 aliphatic heterocycles. The minimum absolute atomic E-state index is 0.253. The van der Waals surface area contributed by atoms with Crippen molar-refractivity contribution in [2.24, 2.45) is 5.92 Å². The van der Waals surface area contributed by atoms with Gasteiger partial charge < -0.3 is 15.0 Å². The largest absolute Gasteiger partial charge is 0.413 e. The predicted molar refractivity (Wildman–Crippen MR) is 74.1 cm³/mol. The van der Waals surface area contributed by atoms with Crippen LogP contribution in [0.1, 0.15) is 12.8 Å². The molecule has 0 spiro atoms. The molecule has 1 N–H and O–H groups in total. The number of nitrogens with zero attached hydrogens (tertiary/aromatic N) is 1. The number of hydrogen-bond donors (Lipinski definition) is 1. The van der Waals surface area contributed by atoms with Crippen LogP contribution in [0.15, 0.2) is 15.9 Å². The van der Waals surface area contributed by atoms with Gasteiger partial charge in [0.15, 0.2) is 5.06 Å². The second-order valence-corrected chi connectivity index (χ2v) is 6.65. The molecule has 1 aromatic rings. The summed E-state index contributed by atoms with van der Waals surface area (Å²) >= 11 is 4.75. The van der Waals surface area contributed by atoms with Gasteiger partial charge in [0.25, 0.3) is 0 Å². The number of carbonyl (C=O) groups is 1. The van der Waals surface area contributed by atoms with Crippen LogP contribution in [0.25, 0.3) is 0 Å². The van der Waals surface area contributed by atoms with Crippen molar-refractivity contribution in [3.05, 3.63) is 15.9 Å². The minimum Gasteiger partial charge on any atom is -0.399 e. The van der Waals surface area contributed by atoms with Gasteiger partial charge in [0, 0.05) is 28.5 Å². The summed E-state index contributed by atoms with van der Waals surface area (Å²) in [6, 6.07) is 2.06. The van der Waals surface area contributed by atoms with Crippen LogP contribution < -0.4 is 10.1 Å². The van der Waals surface area contributed by atoms with Crippen molar-refractivity contribution in [1.82, 2.24) is 10.2 Å². The number of fused-ring (bicyclic) bond motifs is 3. The van der Waals surface area contributed by atoms with Crippen molar-refractivity contribution in [2.75, 3.05) is 19.6 Å². The highest BCUT2D eigenvalue weighted by atomic mass is 79.9. The van der Waals surface area contributed by atoms with E-state index in [4.69, 9.17) is 4.74 Å². The van der Waals surface area contributed by atoms with Gasteiger partial charge in [-0.15, -0.1) is 11.3 Å². The lowest BCUT2D eigenvalue weighted by Gasteiger charge is -2.44. The molecule has 3 aliphatic rings. The number of carbonyl (C=O) groups excluding carboxylic acids is 1. The minimum atomic E-state index is -0.330. The predicted octanol–water partition coefficient (Wildman–Crippen LogP) is 2.69. The number of piperidine rings is 3. The van der Waals surface area contributed by atoms with E-state index in [-0.39, 0.29) is 12.1 Å². The van der Waals surface area contributed by atoms with E-state index in [1.54, 1.807) is 6.07 Å². The van der Waals surface area contributed by atoms with Gasteiger partial charge in [0.2, 0.25) is 0 Å². The van der Waals surface area contributed by atoms with Crippen LogP contribution in [0.5, 0.6) is 5.06 Å². The topological polar surface area (TPSA) is 41.6 Å². The van der Waals surface area contributed by atoms with Crippen molar-refractivity contribution in [2.45, 2.75) is 18.9 Å². The molecule has 1 amide bonds. The fourth-order valence-corrected chi connectivity index (χ4v) is 4.00. The van der Waals surface area contributed by atoms with Crippen LogP contribution in [-0.2, 0) is 0 Å². The lowest BCUT2D eigenvalue weighted by Crippen LogP contribution is -2.57. The maximum Gasteiger partial charge on any atom is 0.413 e. The Balaban J connectivity index is 1.55. The highest BCUT2D eigenvalue weighted by Crippen LogP contribution is 2.29. The smallest absolute Gasteiger partial charge is 0.399 e. The zero-order valence-electron chi connectivity index (χ0n) is 9.89. The first-order chi connectivity index (χ1) is 8.70. The molecule has 3 fully saturated rings. The molecule has 2 bridgehead atoms. The first-order valence-electron chi connectivity index (χ1n) is 6.15. The monoisotopic (exact) mass is 330 g/mol. The molecule has 0 radical (unpaired) electrons. The van der Waals surface area contributed by atoms with E-state index in [0.29, 0.717) is 11.0 Å². The van der Waals surface area contributed by atoms with Gasteiger partial charge in [0.1, 0.15) is 0 Å². The summed E-state index contributed by atoms with van der Waals surface area (Å²) in [7, 11) is 0. The summed E-state index contributed by atoms with van der Waals surface area (Å²) in [5, 5.41) is 5.52. The van der Waals surface area contributed by atoms with Crippen LogP contribution in [0.4, 0.5) is 4.79 Å². The van der Waals surface area contributed by atoms with E-state index in [0.717, 1.165) is 11.0 Å². The van der Waals surface area contributed by atoms with Crippen molar-refractivity contribution >= 4 is 33.4 Å². The Labute approximate surface area is 118 Å². The van der Waals surface area contributed by atoms with Crippen molar-refractivity contribution in [1.29, 1.82) is 0 Å². The third-order valence-corrected chi connectivity index (χ3v) is 5.26. The number of rotatable bonds is 2. The molecule has 3 saturated heterocycles. The van der Waals surface area contributed by atoms with Crippen LogP contribution in [0, 0.1) is 5.92 Å². The quantitative estimate of drug-likeness (QED) is 0.906. The van der Waals surface area contributed by atoms with Gasteiger partial charge >= 0.3 is 6.09 Å². The Hall–Kier alpha value is -0.590. The molecular weight excluding hydrogens is 316 g/mol.